The highest BCUT2D eigenvalue weighted by Gasteiger charge is 2.39. The molecule has 0 spiro atoms. The average molecular weight is 213 g/mol. The Bertz CT molecular complexity index is 377. The molecule has 1 aromatic carbocycles. The summed E-state index contributed by atoms with van der Waals surface area (Å²) in [7, 11) is 0. The van der Waals surface area contributed by atoms with E-state index < -0.39 is 10.8 Å². The van der Waals surface area contributed by atoms with Gasteiger partial charge in [-0.15, -0.1) is 0 Å². The maximum atomic E-state index is 11.1. The smallest absolute Gasteiger partial charge is 0.268 e. The molecule has 0 bridgehead atoms. The molecule has 0 radical (unpaired) electrons. The molecule has 2 rings (SSSR count). The molecule has 1 aromatic rings. The molecule has 0 unspecified atom stereocenters. The van der Waals surface area contributed by atoms with Crippen LogP contribution in [0.5, 0.6) is 11.5 Å². The maximum absolute atomic E-state index is 11.1. The van der Waals surface area contributed by atoms with Gasteiger partial charge in [0, 0.05) is 0 Å². The lowest BCUT2D eigenvalue weighted by Gasteiger charge is -2.32. The van der Waals surface area contributed by atoms with Crippen molar-refractivity contribution in [2.75, 3.05) is 6.61 Å². The second-order valence-corrected chi connectivity index (χ2v) is 3.69. The van der Waals surface area contributed by atoms with Crippen LogP contribution in [-0.4, -0.2) is 17.5 Å². The average Bonchev–Trinajstić information content (AvgIpc) is 2.17. The summed E-state index contributed by atoms with van der Waals surface area (Å²) in [5, 5.41) is -0.549. The van der Waals surface area contributed by atoms with Crippen molar-refractivity contribution in [1.82, 2.24) is 0 Å². The molecule has 0 N–H and O–H groups in total. The summed E-state index contributed by atoms with van der Waals surface area (Å²) in [5.41, 5.74) is -1.07. The number of rotatable bonds is 1. The predicted molar refractivity (Wildman–Crippen MR) is 51.8 cm³/mol. The molecule has 1 atom stereocenters. The maximum Gasteiger partial charge on any atom is 0.268 e. The third-order valence-corrected chi connectivity index (χ3v) is 2.50. The Morgan fingerprint density at radius 3 is 2.71 bits per heavy atom. The van der Waals surface area contributed by atoms with Crippen molar-refractivity contribution < 1.29 is 14.3 Å². The standard InChI is InChI=1S/C10H9ClO3/c1-10(9(11)12)6-13-7-4-2-3-5-8(7)14-10/h2-5H,6H2,1H3/t10-/m0/s1. The number of hydrogen-bond acceptors (Lipinski definition) is 3. The second kappa shape index (κ2) is 3.17. The van der Waals surface area contributed by atoms with E-state index >= 15 is 0 Å². The summed E-state index contributed by atoms with van der Waals surface area (Å²) >= 11 is 5.42. The fourth-order valence-electron chi connectivity index (χ4n) is 1.24. The van der Waals surface area contributed by atoms with Crippen LogP contribution in [-0.2, 0) is 4.79 Å². The minimum atomic E-state index is -1.07. The van der Waals surface area contributed by atoms with Crippen molar-refractivity contribution in [3.8, 4) is 11.5 Å². The molecule has 0 fully saturated rings. The summed E-state index contributed by atoms with van der Waals surface area (Å²) < 4.78 is 10.8. The zero-order valence-electron chi connectivity index (χ0n) is 7.62. The number of ether oxygens (including phenoxy) is 2. The van der Waals surface area contributed by atoms with Gasteiger partial charge in [-0.05, 0) is 30.7 Å². The Balaban J connectivity index is 2.34. The number of carbonyl (C=O) groups is 1. The fraction of sp³-hybridized carbons (Fsp3) is 0.300. The SMILES string of the molecule is C[C@@]1(C(=O)Cl)COc2ccccc2O1. The molecule has 0 aliphatic carbocycles. The Kier molecular flexibility index (Phi) is 2.11. The van der Waals surface area contributed by atoms with Gasteiger partial charge in [0.2, 0.25) is 5.60 Å². The first kappa shape index (κ1) is 9.34. The lowest BCUT2D eigenvalue weighted by Crippen LogP contribution is -2.47. The van der Waals surface area contributed by atoms with Gasteiger partial charge < -0.3 is 9.47 Å². The highest BCUT2D eigenvalue weighted by molar-refractivity contribution is 6.65. The number of para-hydroxylation sites is 2. The molecule has 14 heavy (non-hydrogen) atoms. The first-order chi connectivity index (χ1) is 6.62. The summed E-state index contributed by atoms with van der Waals surface area (Å²) in [6.45, 7) is 1.75. The van der Waals surface area contributed by atoms with Crippen molar-refractivity contribution in [2.24, 2.45) is 0 Å². The van der Waals surface area contributed by atoms with E-state index in [2.05, 4.69) is 0 Å². The van der Waals surface area contributed by atoms with E-state index in [1.807, 2.05) is 12.1 Å². The fourth-order valence-corrected chi connectivity index (χ4v) is 1.33. The molecule has 4 heteroatoms. The van der Waals surface area contributed by atoms with Crippen LogP contribution < -0.4 is 9.47 Å². The molecule has 3 nitrogen and oxygen atoms in total. The largest absolute Gasteiger partial charge is 0.485 e. The lowest BCUT2D eigenvalue weighted by atomic mass is 10.1. The first-order valence-corrected chi connectivity index (χ1v) is 4.60. The number of carbonyl (C=O) groups excluding carboxylic acids is 1. The van der Waals surface area contributed by atoms with Crippen LogP contribution in [0.15, 0.2) is 24.3 Å². The van der Waals surface area contributed by atoms with Crippen LogP contribution >= 0.6 is 11.6 Å². The van der Waals surface area contributed by atoms with Crippen LogP contribution in [0.3, 0.4) is 0 Å². The third kappa shape index (κ3) is 1.44. The molecule has 1 heterocycles. The van der Waals surface area contributed by atoms with E-state index in [4.69, 9.17) is 21.1 Å². The summed E-state index contributed by atoms with van der Waals surface area (Å²) in [5.74, 6) is 1.19. The van der Waals surface area contributed by atoms with Crippen LogP contribution in [0.25, 0.3) is 0 Å². The van der Waals surface area contributed by atoms with Gasteiger partial charge in [0.1, 0.15) is 6.61 Å². The number of halogens is 1. The van der Waals surface area contributed by atoms with Crippen LogP contribution in [0.1, 0.15) is 6.92 Å². The second-order valence-electron chi connectivity index (χ2n) is 3.34. The Labute approximate surface area is 86.6 Å². The monoisotopic (exact) mass is 212 g/mol. The minimum Gasteiger partial charge on any atom is -0.485 e. The molecule has 0 aromatic heterocycles. The lowest BCUT2D eigenvalue weighted by molar-refractivity contribution is -0.129. The Hall–Kier alpha value is -1.22. The highest BCUT2D eigenvalue weighted by atomic mass is 35.5. The summed E-state index contributed by atoms with van der Waals surface area (Å²) in [6, 6.07) is 7.18. The van der Waals surface area contributed by atoms with Gasteiger partial charge in [0.05, 0.1) is 0 Å². The van der Waals surface area contributed by atoms with Gasteiger partial charge in [-0.2, -0.15) is 0 Å². The van der Waals surface area contributed by atoms with Gasteiger partial charge in [0.25, 0.3) is 5.24 Å². The number of hydrogen-bond donors (Lipinski definition) is 0. The summed E-state index contributed by atoms with van der Waals surface area (Å²) in [6.07, 6.45) is 0. The van der Waals surface area contributed by atoms with Crippen LogP contribution in [0.4, 0.5) is 0 Å². The molecule has 0 saturated carbocycles. The highest BCUT2D eigenvalue weighted by Crippen LogP contribution is 2.35. The van der Waals surface area contributed by atoms with Crippen molar-refractivity contribution in [2.45, 2.75) is 12.5 Å². The molecular weight excluding hydrogens is 204 g/mol. The van der Waals surface area contributed by atoms with Gasteiger partial charge in [-0.3, -0.25) is 4.79 Å². The molecule has 1 aliphatic heterocycles. The van der Waals surface area contributed by atoms with E-state index in [1.54, 1.807) is 19.1 Å². The summed E-state index contributed by atoms with van der Waals surface area (Å²) in [4.78, 5) is 11.1. The number of benzene rings is 1. The Morgan fingerprint density at radius 1 is 1.43 bits per heavy atom. The van der Waals surface area contributed by atoms with Crippen molar-refractivity contribution in [1.29, 1.82) is 0 Å². The van der Waals surface area contributed by atoms with Gasteiger partial charge in [0.15, 0.2) is 11.5 Å². The molecule has 1 aliphatic rings. The third-order valence-electron chi connectivity index (χ3n) is 2.10. The van der Waals surface area contributed by atoms with Gasteiger partial charge in [-0.25, -0.2) is 0 Å². The van der Waals surface area contributed by atoms with E-state index in [1.165, 1.54) is 0 Å². The van der Waals surface area contributed by atoms with Gasteiger partial charge in [-0.1, -0.05) is 12.1 Å². The van der Waals surface area contributed by atoms with E-state index in [9.17, 15) is 4.79 Å². The van der Waals surface area contributed by atoms with E-state index in [0.717, 1.165) is 0 Å². The normalized spacial score (nSPS) is 24.4. The minimum absolute atomic E-state index is 0.145. The molecule has 0 saturated heterocycles. The zero-order chi connectivity index (χ0) is 10.2. The molecular formula is C10H9ClO3. The van der Waals surface area contributed by atoms with Crippen molar-refractivity contribution in [3.05, 3.63) is 24.3 Å². The van der Waals surface area contributed by atoms with Gasteiger partial charge >= 0.3 is 0 Å². The Morgan fingerprint density at radius 2 is 2.07 bits per heavy atom. The topological polar surface area (TPSA) is 35.5 Å². The molecule has 74 valence electrons. The van der Waals surface area contributed by atoms with Crippen LogP contribution in [0, 0.1) is 0 Å². The molecule has 0 amide bonds. The van der Waals surface area contributed by atoms with Crippen molar-refractivity contribution >= 4 is 16.8 Å². The predicted octanol–water partition coefficient (Wildman–Crippen LogP) is 1.98. The first-order valence-electron chi connectivity index (χ1n) is 4.23. The number of fused-ring (bicyclic) bond motifs is 1. The van der Waals surface area contributed by atoms with E-state index in [-0.39, 0.29) is 6.61 Å². The van der Waals surface area contributed by atoms with Crippen molar-refractivity contribution in [3.63, 3.8) is 0 Å². The zero-order valence-corrected chi connectivity index (χ0v) is 8.38. The van der Waals surface area contributed by atoms with Crippen LogP contribution in [0.2, 0.25) is 0 Å². The quantitative estimate of drug-likeness (QED) is 0.668. The van der Waals surface area contributed by atoms with E-state index in [0.29, 0.717) is 11.5 Å².